The fourth-order valence-electron chi connectivity index (χ4n) is 2.60. The third-order valence-electron chi connectivity index (χ3n) is 3.86. The zero-order valence-electron chi connectivity index (χ0n) is 11.2. The molecule has 1 N–H and O–H groups in total. The van der Waals surface area contributed by atoms with Crippen molar-refractivity contribution in [2.24, 2.45) is 5.41 Å². The number of hydrogen-bond donors (Lipinski definition) is 1. The van der Waals surface area contributed by atoms with Crippen LogP contribution >= 0.6 is 15.9 Å². The van der Waals surface area contributed by atoms with Crippen LogP contribution in [0.4, 0.5) is 0 Å². The molecule has 1 aromatic rings. The highest BCUT2D eigenvalue weighted by atomic mass is 79.9. The van der Waals surface area contributed by atoms with Gasteiger partial charge in [0.25, 0.3) is 0 Å². The molecule has 1 aliphatic heterocycles. The van der Waals surface area contributed by atoms with Crippen LogP contribution in [0.15, 0.2) is 10.7 Å². The quantitative estimate of drug-likeness (QED) is 0.869. The zero-order chi connectivity index (χ0) is 13.3. The summed E-state index contributed by atoms with van der Waals surface area (Å²) in [6.45, 7) is 7.88. The number of carbonyl (C=O) groups is 1. The molecule has 1 aromatic heterocycles. The molecule has 1 aliphatic rings. The fraction of sp³-hybridized carbons (Fsp3) is 0.692. The number of nitrogens with one attached hydrogen (secondary N) is 1. The molecule has 1 saturated heterocycles. The molecule has 1 fully saturated rings. The van der Waals surface area contributed by atoms with E-state index in [1.54, 1.807) is 6.20 Å². The molecular weight excluding hydrogens is 294 g/mol. The van der Waals surface area contributed by atoms with Crippen molar-refractivity contribution < 1.29 is 4.79 Å². The van der Waals surface area contributed by atoms with Crippen LogP contribution < -0.4 is 5.32 Å². The molecule has 0 radical (unpaired) electrons. The smallest absolute Gasteiger partial charge is 0.189 e. The van der Waals surface area contributed by atoms with Crippen molar-refractivity contribution in [1.82, 2.24) is 15.1 Å². The second-order valence-electron chi connectivity index (χ2n) is 5.27. The van der Waals surface area contributed by atoms with Gasteiger partial charge >= 0.3 is 0 Å². The van der Waals surface area contributed by atoms with Crippen molar-refractivity contribution >= 4 is 21.7 Å². The Balaban J connectivity index is 2.42. The number of aromatic nitrogens is 2. The first kappa shape index (κ1) is 13.7. The number of rotatable bonds is 4. The van der Waals surface area contributed by atoms with Gasteiger partial charge in [-0.3, -0.25) is 9.48 Å². The molecular formula is C13H20BrN3O. The van der Waals surface area contributed by atoms with Crippen molar-refractivity contribution in [2.45, 2.75) is 39.7 Å². The predicted molar refractivity (Wildman–Crippen MR) is 74.9 cm³/mol. The van der Waals surface area contributed by atoms with Crippen LogP contribution in [0.1, 0.15) is 50.1 Å². The van der Waals surface area contributed by atoms with Gasteiger partial charge in [0.05, 0.1) is 10.7 Å². The number of carbonyl (C=O) groups excluding carboxylic acids is 1. The Bertz CT molecular complexity index is 447. The van der Waals surface area contributed by atoms with Gasteiger partial charge in [-0.15, -0.1) is 0 Å². The monoisotopic (exact) mass is 313 g/mol. The maximum absolute atomic E-state index is 12.9. The minimum Gasteiger partial charge on any atom is -0.316 e. The predicted octanol–water partition coefficient (Wildman–Crippen LogP) is 2.80. The van der Waals surface area contributed by atoms with Crippen molar-refractivity contribution in [3.8, 4) is 0 Å². The lowest BCUT2D eigenvalue weighted by atomic mass is 9.78. The highest BCUT2D eigenvalue weighted by Gasteiger charge is 2.42. The molecule has 1 unspecified atom stereocenters. The van der Waals surface area contributed by atoms with Gasteiger partial charge in [0, 0.05) is 18.0 Å². The third-order valence-corrected chi connectivity index (χ3v) is 4.44. The maximum atomic E-state index is 12.9. The van der Waals surface area contributed by atoms with Crippen LogP contribution in [0.5, 0.6) is 0 Å². The van der Waals surface area contributed by atoms with E-state index in [0.717, 1.165) is 36.1 Å². The maximum Gasteiger partial charge on any atom is 0.189 e. The first-order valence-corrected chi connectivity index (χ1v) is 7.29. The Labute approximate surface area is 116 Å². The van der Waals surface area contributed by atoms with Crippen LogP contribution in [0, 0.1) is 5.41 Å². The lowest BCUT2D eigenvalue weighted by Gasteiger charge is -2.26. The minimum atomic E-state index is -0.255. The van der Waals surface area contributed by atoms with Gasteiger partial charge in [-0.05, 0) is 49.2 Å². The third kappa shape index (κ3) is 2.14. The summed E-state index contributed by atoms with van der Waals surface area (Å²) in [5.74, 6) is 0.216. The number of nitrogens with zero attached hydrogens (tertiary/aromatic N) is 2. The lowest BCUT2D eigenvalue weighted by molar-refractivity contribution is 0.0795. The van der Waals surface area contributed by atoms with Gasteiger partial charge in [0.15, 0.2) is 5.78 Å². The van der Waals surface area contributed by atoms with E-state index in [2.05, 4.69) is 33.3 Å². The molecule has 0 aliphatic carbocycles. The molecule has 2 rings (SSSR count). The number of Topliss-reactive ketones (excluding diaryl/α,β-unsaturated/α-hetero) is 1. The summed E-state index contributed by atoms with van der Waals surface area (Å²) in [5, 5.41) is 7.61. The Morgan fingerprint density at radius 1 is 1.67 bits per heavy atom. The second-order valence-corrected chi connectivity index (χ2v) is 6.12. The average Bonchev–Trinajstić information content (AvgIpc) is 2.95. The normalized spacial score (nSPS) is 23.8. The van der Waals surface area contributed by atoms with Crippen LogP contribution in [0.25, 0.3) is 0 Å². The van der Waals surface area contributed by atoms with E-state index in [1.807, 2.05) is 18.5 Å². The highest BCUT2D eigenvalue weighted by molar-refractivity contribution is 9.10. The van der Waals surface area contributed by atoms with Crippen LogP contribution in [0.3, 0.4) is 0 Å². The largest absolute Gasteiger partial charge is 0.316 e. The number of halogens is 1. The van der Waals surface area contributed by atoms with E-state index in [0.29, 0.717) is 0 Å². The molecule has 0 spiro atoms. The molecule has 4 nitrogen and oxygen atoms in total. The SMILES string of the molecule is CCC1(C(=O)c2c(Br)cnn2C(C)C)CCNC1. The second kappa shape index (κ2) is 5.13. The number of ketones is 1. The molecule has 1 atom stereocenters. The molecule has 100 valence electrons. The van der Waals surface area contributed by atoms with Gasteiger partial charge in [0.1, 0.15) is 5.69 Å². The standard InChI is InChI=1S/C13H20BrN3O/c1-4-13(5-6-15-8-13)12(18)11-10(14)7-16-17(11)9(2)3/h7,9,15H,4-6,8H2,1-3H3. The van der Waals surface area contributed by atoms with Gasteiger partial charge < -0.3 is 5.32 Å². The van der Waals surface area contributed by atoms with Gasteiger partial charge in [-0.25, -0.2) is 0 Å². The van der Waals surface area contributed by atoms with E-state index in [-0.39, 0.29) is 17.2 Å². The van der Waals surface area contributed by atoms with Gasteiger partial charge in [0.2, 0.25) is 0 Å². The fourth-order valence-corrected chi connectivity index (χ4v) is 3.05. The summed E-state index contributed by atoms with van der Waals surface area (Å²) in [4.78, 5) is 12.9. The molecule has 0 aromatic carbocycles. The summed E-state index contributed by atoms with van der Waals surface area (Å²) in [7, 11) is 0. The zero-order valence-corrected chi connectivity index (χ0v) is 12.7. The first-order chi connectivity index (χ1) is 8.52. The van der Waals surface area contributed by atoms with Crippen LogP contribution in [-0.2, 0) is 0 Å². The van der Waals surface area contributed by atoms with E-state index in [9.17, 15) is 4.79 Å². The highest BCUT2D eigenvalue weighted by Crippen LogP contribution is 2.36. The van der Waals surface area contributed by atoms with Crippen LogP contribution in [-0.4, -0.2) is 28.7 Å². The molecule has 5 heteroatoms. The number of hydrogen-bond acceptors (Lipinski definition) is 3. The van der Waals surface area contributed by atoms with Crippen LogP contribution in [0.2, 0.25) is 0 Å². The van der Waals surface area contributed by atoms with Gasteiger partial charge in [-0.2, -0.15) is 5.10 Å². The van der Waals surface area contributed by atoms with E-state index in [4.69, 9.17) is 0 Å². The summed E-state index contributed by atoms with van der Waals surface area (Å²) < 4.78 is 2.63. The molecule has 0 amide bonds. The van der Waals surface area contributed by atoms with Crippen molar-refractivity contribution in [1.29, 1.82) is 0 Å². The van der Waals surface area contributed by atoms with E-state index >= 15 is 0 Å². The molecule has 0 bridgehead atoms. The summed E-state index contributed by atoms with van der Waals surface area (Å²) in [6.07, 6.45) is 3.51. The molecule has 2 heterocycles. The minimum absolute atomic E-state index is 0.193. The summed E-state index contributed by atoms with van der Waals surface area (Å²) >= 11 is 3.46. The lowest BCUT2D eigenvalue weighted by Crippen LogP contribution is -2.35. The van der Waals surface area contributed by atoms with E-state index in [1.165, 1.54) is 0 Å². The molecule has 0 saturated carbocycles. The van der Waals surface area contributed by atoms with Crippen molar-refractivity contribution in [3.05, 3.63) is 16.4 Å². The summed E-state index contributed by atoms with van der Waals surface area (Å²) in [6, 6.07) is 0.193. The van der Waals surface area contributed by atoms with Gasteiger partial charge in [-0.1, -0.05) is 6.92 Å². The Kier molecular flexibility index (Phi) is 3.92. The summed E-state index contributed by atoms with van der Waals surface area (Å²) in [5.41, 5.74) is 0.463. The van der Waals surface area contributed by atoms with E-state index < -0.39 is 0 Å². The Hall–Kier alpha value is -0.680. The Morgan fingerprint density at radius 2 is 2.39 bits per heavy atom. The average molecular weight is 314 g/mol. The topological polar surface area (TPSA) is 46.9 Å². The Morgan fingerprint density at radius 3 is 2.89 bits per heavy atom. The van der Waals surface area contributed by atoms with Crippen molar-refractivity contribution in [2.75, 3.05) is 13.1 Å². The van der Waals surface area contributed by atoms with Crippen molar-refractivity contribution in [3.63, 3.8) is 0 Å². The molecule has 18 heavy (non-hydrogen) atoms. The first-order valence-electron chi connectivity index (χ1n) is 6.50.